The molecule has 0 saturated carbocycles. The SMILES string of the molecule is C=CCN1CCC(NC(=NC)NCC2CCN(Cc3ccccc3Cl)CC2)CC1.I. The van der Waals surface area contributed by atoms with Gasteiger partial charge in [-0.05, 0) is 56.3 Å². The van der Waals surface area contributed by atoms with Gasteiger partial charge in [-0.1, -0.05) is 35.9 Å². The molecule has 0 aliphatic carbocycles. The van der Waals surface area contributed by atoms with Crippen molar-refractivity contribution in [3.8, 4) is 0 Å². The van der Waals surface area contributed by atoms with Crippen molar-refractivity contribution in [2.24, 2.45) is 10.9 Å². The summed E-state index contributed by atoms with van der Waals surface area (Å²) in [6.07, 6.45) is 6.75. The molecule has 0 amide bonds. The molecule has 3 rings (SSSR count). The van der Waals surface area contributed by atoms with Crippen LogP contribution >= 0.6 is 35.6 Å². The lowest BCUT2D eigenvalue weighted by Gasteiger charge is -2.34. The Morgan fingerprint density at radius 2 is 1.80 bits per heavy atom. The Kier molecular flexibility index (Phi) is 11.5. The summed E-state index contributed by atoms with van der Waals surface area (Å²) in [5.74, 6) is 1.65. The molecule has 0 spiro atoms. The molecule has 168 valence electrons. The molecule has 30 heavy (non-hydrogen) atoms. The first kappa shape index (κ1) is 25.4. The lowest BCUT2D eigenvalue weighted by molar-refractivity contribution is 0.178. The van der Waals surface area contributed by atoms with Gasteiger partial charge in [-0.3, -0.25) is 14.8 Å². The molecule has 1 aromatic carbocycles. The van der Waals surface area contributed by atoms with E-state index in [0.717, 1.165) is 69.6 Å². The fraction of sp³-hybridized carbons (Fsp3) is 0.609. The molecule has 2 saturated heterocycles. The van der Waals surface area contributed by atoms with E-state index in [0.29, 0.717) is 12.0 Å². The average molecular weight is 546 g/mol. The van der Waals surface area contributed by atoms with Crippen molar-refractivity contribution in [3.05, 3.63) is 47.5 Å². The molecule has 2 fully saturated rings. The first-order valence-electron chi connectivity index (χ1n) is 10.9. The second kappa shape index (κ2) is 13.6. The lowest BCUT2D eigenvalue weighted by atomic mass is 9.96. The molecule has 0 atom stereocenters. The summed E-state index contributed by atoms with van der Waals surface area (Å²) in [7, 11) is 1.87. The van der Waals surface area contributed by atoms with E-state index in [1.165, 1.54) is 18.4 Å². The van der Waals surface area contributed by atoms with Crippen molar-refractivity contribution in [2.75, 3.05) is 46.3 Å². The highest BCUT2D eigenvalue weighted by Crippen LogP contribution is 2.22. The Morgan fingerprint density at radius 3 is 2.43 bits per heavy atom. The fourth-order valence-corrected chi connectivity index (χ4v) is 4.48. The third-order valence-corrected chi connectivity index (χ3v) is 6.53. The number of nitrogens with one attached hydrogen (secondary N) is 2. The summed E-state index contributed by atoms with van der Waals surface area (Å²) >= 11 is 6.31. The summed E-state index contributed by atoms with van der Waals surface area (Å²) in [6, 6.07) is 8.69. The quantitative estimate of drug-likeness (QED) is 0.235. The molecule has 2 N–H and O–H groups in total. The lowest BCUT2D eigenvalue weighted by Crippen LogP contribution is -2.49. The van der Waals surface area contributed by atoms with Crippen LogP contribution in [0, 0.1) is 5.92 Å². The van der Waals surface area contributed by atoms with Crippen LogP contribution in [0.1, 0.15) is 31.2 Å². The summed E-state index contributed by atoms with van der Waals surface area (Å²) in [6.45, 7) is 11.3. The van der Waals surface area contributed by atoms with Gasteiger partial charge in [-0.25, -0.2) is 0 Å². The van der Waals surface area contributed by atoms with Gasteiger partial charge in [0.25, 0.3) is 0 Å². The number of guanidine groups is 1. The molecule has 1 aromatic rings. The topological polar surface area (TPSA) is 42.9 Å². The van der Waals surface area contributed by atoms with Gasteiger partial charge in [0.2, 0.25) is 0 Å². The molecule has 2 aliphatic heterocycles. The number of nitrogens with zero attached hydrogens (tertiary/aromatic N) is 3. The van der Waals surface area contributed by atoms with Crippen molar-refractivity contribution in [3.63, 3.8) is 0 Å². The maximum absolute atomic E-state index is 6.31. The first-order chi connectivity index (χ1) is 14.2. The normalized spacial score (nSPS) is 19.9. The van der Waals surface area contributed by atoms with Gasteiger partial charge in [-0.15, -0.1) is 30.6 Å². The van der Waals surface area contributed by atoms with E-state index >= 15 is 0 Å². The van der Waals surface area contributed by atoms with Crippen LogP contribution in [-0.4, -0.2) is 68.1 Å². The highest BCUT2D eigenvalue weighted by Gasteiger charge is 2.22. The van der Waals surface area contributed by atoms with Gasteiger partial charge in [0.1, 0.15) is 0 Å². The summed E-state index contributed by atoms with van der Waals surface area (Å²) in [4.78, 5) is 9.41. The summed E-state index contributed by atoms with van der Waals surface area (Å²) < 4.78 is 0. The number of halogens is 2. The molecule has 0 aromatic heterocycles. The van der Waals surface area contributed by atoms with E-state index in [-0.39, 0.29) is 24.0 Å². The van der Waals surface area contributed by atoms with Gasteiger partial charge in [-0.2, -0.15) is 0 Å². The molecule has 0 radical (unpaired) electrons. The minimum absolute atomic E-state index is 0. The summed E-state index contributed by atoms with van der Waals surface area (Å²) in [5.41, 5.74) is 1.23. The Morgan fingerprint density at radius 1 is 1.13 bits per heavy atom. The Bertz CT molecular complexity index is 667. The third kappa shape index (κ3) is 8.02. The maximum Gasteiger partial charge on any atom is 0.191 e. The molecule has 0 bridgehead atoms. The fourth-order valence-electron chi connectivity index (χ4n) is 4.29. The highest BCUT2D eigenvalue weighted by atomic mass is 127. The van der Waals surface area contributed by atoms with E-state index in [9.17, 15) is 0 Å². The number of benzene rings is 1. The zero-order valence-corrected chi connectivity index (χ0v) is 21.2. The zero-order chi connectivity index (χ0) is 20.5. The van der Waals surface area contributed by atoms with E-state index in [4.69, 9.17) is 11.6 Å². The number of piperidine rings is 2. The van der Waals surface area contributed by atoms with E-state index in [2.05, 4.69) is 44.1 Å². The highest BCUT2D eigenvalue weighted by molar-refractivity contribution is 14.0. The van der Waals surface area contributed by atoms with Crippen LogP contribution in [0.2, 0.25) is 5.02 Å². The Hall–Kier alpha value is -0.830. The number of likely N-dealkylation sites (tertiary alicyclic amines) is 2. The smallest absolute Gasteiger partial charge is 0.191 e. The standard InChI is InChI=1S/C23H36ClN5.HI/c1-3-12-28-15-10-21(11-16-28)27-23(25-2)26-17-19-8-13-29(14-9-19)18-20-6-4-5-7-22(20)24;/h3-7,19,21H,1,8-18H2,2H3,(H2,25,26,27);1H. The third-order valence-electron chi connectivity index (χ3n) is 6.16. The number of hydrogen-bond donors (Lipinski definition) is 2. The monoisotopic (exact) mass is 545 g/mol. The molecule has 7 heteroatoms. The average Bonchev–Trinajstić information content (AvgIpc) is 2.75. The predicted molar refractivity (Wildman–Crippen MR) is 139 cm³/mol. The second-order valence-corrected chi connectivity index (χ2v) is 8.68. The van der Waals surface area contributed by atoms with Crippen molar-refractivity contribution in [1.29, 1.82) is 0 Å². The van der Waals surface area contributed by atoms with Crippen molar-refractivity contribution >= 4 is 41.5 Å². The van der Waals surface area contributed by atoms with Crippen molar-refractivity contribution < 1.29 is 0 Å². The van der Waals surface area contributed by atoms with Crippen LogP contribution in [0.4, 0.5) is 0 Å². The second-order valence-electron chi connectivity index (χ2n) is 8.27. The van der Waals surface area contributed by atoms with Gasteiger partial charge in [0.15, 0.2) is 5.96 Å². The minimum atomic E-state index is 0. The molecular formula is C23H37ClIN5. The summed E-state index contributed by atoms with van der Waals surface area (Å²) in [5, 5.41) is 8.06. The van der Waals surface area contributed by atoms with Gasteiger partial charge >= 0.3 is 0 Å². The largest absolute Gasteiger partial charge is 0.356 e. The van der Waals surface area contributed by atoms with E-state index in [1.54, 1.807) is 0 Å². The number of aliphatic imine (C=N–C) groups is 1. The van der Waals surface area contributed by atoms with Crippen LogP contribution in [0.3, 0.4) is 0 Å². The molecule has 0 unspecified atom stereocenters. The van der Waals surface area contributed by atoms with Crippen molar-refractivity contribution in [2.45, 2.75) is 38.3 Å². The van der Waals surface area contributed by atoms with Gasteiger partial charge in [0, 0.05) is 50.8 Å². The minimum Gasteiger partial charge on any atom is -0.356 e. The van der Waals surface area contributed by atoms with Crippen molar-refractivity contribution in [1.82, 2.24) is 20.4 Å². The van der Waals surface area contributed by atoms with Crippen LogP contribution in [0.15, 0.2) is 41.9 Å². The van der Waals surface area contributed by atoms with E-state index < -0.39 is 0 Å². The predicted octanol–water partition coefficient (Wildman–Crippen LogP) is 3.99. The van der Waals surface area contributed by atoms with Gasteiger partial charge < -0.3 is 10.6 Å². The molecule has 2 aliphatic rings. The van der Waals surface area contributed by atoms with Gasteiger partial charge in [0.05, 0.1) is 0 Å². The van der Waals surface area contributed by atoms with Crippen LogP contribution < -0.4 is 10.6 Å². The first-order valence-corrected chi connectivity index (χ1v) is 11.3. The Labute approximate surface area is 204 Å². The number of rotatable bonds is 7. The zero-order valence-electron chi connectivity index (χ0n) is 18.2. The molecule has 5 nitrogen and oxygen atoms in total. The van der Waals surface area contributed by atoms with Crippen LogP contribution in [0.25, 0.3) is 0 Å². The molecular weight excluding hydrogens is 509 g/mol. The maximum atomic E-state index is 6.31. The van der Waals surface area contributed by atoms with E-state index in [1.807, 2.05) is 25.3 Å². The Balaban J connectivity index is 0.00000320. The molecule has 2 heterocycles. The number of hydrogen-bond acceptors (Lipinski definition) is 3. The van der Waals surface area contributed by atoms with Crippen LogP contribution in [0.5, 0.6) is 0 Å². The van der Waals surface area contributed by atoms with Crippen LogP contribution in [-0.2, 0) is 6.54 Å².